The predicted octanol–water partition coefficient (Wildman–Crippen LogP) is 13.5. The molecular formula is C42H31Br2F18N5O. The largest absolute Gasteiger partial charge is 0.433 e. The molecule has 0 amide bonds. The number of alkyl halides is 18. The summed E-state index contributed by atoms with van der Waals surface area (Å²) in [6.45, 7) is -0.309. The molecule has 0 bridgehead atoms. The predicted molar refractivity (Wildman–Crippen MR) is 216 cm³/mol. The van der Waals surface area contributed by atoms with Crippen LogP contribution in [0.4, 0.5) is 79.0 Å². The molecule has 2 aliphatic heterocycles. The molecule has 2 aromatic carbocycles. The molecule has 0 fully saturated rings. The number of aryl methyl sites for hydroxylation is 1. The van der Waals surface area contributed by atoms with E-state index in [1.54, 1.807) is 13.0 Å². The Morgan fingerprint density at radius 3 is 1.18 bits per heavy atom. The van der Waals surface area contributed by atoms with Crippen LogP contribution in [0.15, 0.2) is 79.6 Å². The van der Waals surface area contributed by atoms with Gasteiger partial charge in [0.1, 0.15) is 39.4 Å². The van der Waals surface area contributed by atoms with Gasteiger partial charge in [0.25, 0.3) is 0 Å². The Labute approximate surface area is 389 Å². The second kappa shape index (κ2) is 19.3. The van der Waals surface area contributed by atoms with Crippen LogP contribution in [0, 0.1) is 0 Å². The maximum Gasteiger partial charge on any atom is 0.433 e. The molecule has 2 atom stereocenters. The van der Waals surface area contributed by atoms with Crippen molar-refractivity contribution in [1.82, 2.24) is 9.97 Å². The molecule has 0 spiro atoms. The van der Waals surface area contributed by atoms with Gasteiger partial charge in [-0.3, -0.25) is 14.8 Å². The highest BCUT2D eigenvalue weighted by molar-refractivity contribution is 9.10. The molecule has 0 aliphatic carbocycles. The first-order chi connectivity index (χ1) is 31.1. The fourth-order valence-corrected chi connectivity index (χ4v) is 8.32. The Balaban J connectivity index is 0.000000256. The molecule has 6 nitrogen and oxygen atoms in total. The number of carbonyl (C=O) groups is 1. The van der Waals surface area contributed by atoms with E-state index in [2.05, 4.69) is 51.8 Å². The minimum atomic E-state index is -5.40. The van der Waals surface area contributed by atoms with Gasteiger partial charge >= 0.3 is 37.1 Å². The number of aliphatic imine (C=N–C) groups is 2. The van der Waals surface area contributed by atoms with Gasteiger partial charge in [-0.15, -0.1) is 0 Å². The molecule has 6 rings (SSSR count). The van der Waals surface area contributed by atoms with Crippen molar-refractivity contribution in [1.29, 1.82) is 0 Å². The monoisotopic (exact) mass is 1120 g/mol. The van der Waals surface area contributed by atoms with Crippen LogP contribution in [-0.4, -0.2) is 52.6 Å². The SMILES string of the molecule is CCC(=O)CCc1ccc(C2=NCC(c3cc(C(F)(F)F)nc(C(F)(F)F)c3)(C(F)(F)F)C2)cc1Br.NCc1ccc(C2=NCC(c3cc(C(F)(F)F)nc(C(F)(F)F)c3)(C(F)(F)F)C2)cc1Br. The minimum Gasteiger partial charge on any atom is -0.326 e. The Morgan fingerprint density at radius 1 is 0.559 bits per heavy atom. The van der Waals surface area contributed by atoms with E-state index >= 15 is 0 Å². The van der Waals surface area contributed by atoms with E-state index in [1.165, 1.54) is 30.3 Å². The van der Waals surface area contributed by atoms with Crippen LogP contribution in [0.5, 0.6) is 0 Å². The van der Waals surface area contributed by atoms with Gasteiger partial charge in [0, 0.05) is 52.6 Å². The van der Waals surface area contributed by atoms with Crippen LogP contribution in [-0.2, 0) is 53.3 Å². The number of hydrogen-bond donors (Lipinski definition) is 1. The summed E-state index contributed by atoms with van der Waals surface area (Å²) >= 11 is 6.51. The van der Waals surface area contributed by atoms with Crippen LogP contribution < -0.4 is 5.73 Å². The summed E-state index contributed by atoms with van der Waals surface area (Å²) in [4.78, 5) is 24.3. The number of ketones is 1. The number of benzene rings is 2. The number of hydrogen-bond acceptors (Lipinski definition) is 6. The van der Waals surface area contributed by atoms with Gasteiger partial charge in [0.05, 0.1) is 13.1 Å². The normalized spacial score (nSPS) is 19.4. The zero-order chi connectivity index (χ0) is 51.2. The fourth-order valence-electron chi connectivity index (χ4n) is 7.20. The smallest absolute Gasteiger partial charge is 0.326 e. The Morgan fingerprint density at radius 2 is 0.897 bits per heavy atom. The minimum absolute atomic E-state index is 0.00491. The first-order valence-electron chi connectivity index (χ1n) is 19.4. The molecule has 26 heteroatoms. The standard InChI is InChI=1S/C23H18BrF9N2O.C19H13BrF9N3/c1-2-15(36)6-5-12-3-4-13(7-16(12)24)17-10-20(11-34-17,23(31,32)33)14-8-18(21(25,26)27)35-19(9-14)22(28,29)30;20-12-3-9(1-2-10(12)7-30)13-6-16(8-31-13,19(27,28)29)11-4-14(17(21,22)23)32-15(5-11)18(24,25)26/h3-4,7-9H,2,5-6,10-11H2,1H3;1-5H,6-8,30H2. The Kier molecular flexibility index (Phi) is 15.4. The van der Waals surface area contributed by atoms with Crippen molar-refractivity contribution >= 4 is 49.1 Å². The third-order valence-corrected chi connectivity index (χ3v) is 12.6. The number of nitrogens with two attached hydrogens (primary N) is 1. The van der Waals surface area contributed by atoms with E-state index in [-0.39, 0.29) is 65.6 Å². The summed E-state index contributed by atoms with van der Waals surface area (Å²) in [5.41, 5.74) is -9.74. The van der Waals surface area contributed by atoms with Crippen molar-refractivity contribution in [2.75, 3.05) is 13.1 Å². The van der Waals surface area contributed by atoms with E-state index < -0.39 is 108 Å². The summed E-state index contributed by atoms with van der Waals surface area (Å²) < 4.78 is 245. The summed E-state index contributed by atoms with van der Waals surface area (Å²) in [5.74, 6) is 0.0231. The number of halogens is 20. The summed E-state index contributed by atoms with van der Waals surface area (Å²) in [5, 5.41) is 0. The number of carbonyl (C=O) groups excluding carboxylic acids is 1. The van der Waals surface area contributed by atoms with Crippen LogP contribution in [0.25, 0.3) is 0 Å². The van der Waals surface area contributed by atoms with Crippen LogP contribution in [0.1, 0.15) is 88.8 Å². The number of Topliss-reactive ketones (excluding diaryl/α,β-unsaturated/α-hetero) is 1. The molecular weight excluding hydrogens is 1090 g/mol. The molecule has 4 aromatic rings. The zero-order valence-electron chi connectivity index (χ0n) is 34.3. The second-order valence-electron chi connectivity index (χ2n) is 15.5. The highest BCUT2D eigenvalue weighted by Crippen LogP contribution is 2.51. The lowest BCUT2D eigenvalue weighted by Crippen LogP contribution is -2.44. The van der Waals surface area contributed by atoms with Crippen molar-refractivity contribution in [3.8, 4) is 0 Å². The van der Waals surface area contributed by atoms with Crippen molar-refractivity contribution < 1.29 is 83.8 Å². The highest BCUT2D eigenvalue weighted by atomic mass is 79.9. The maximum absolute atomic E-state index is 14.3. The fraction of sp³-hybridized carbons (Fsp3) is 0.405. The van der Waals surface area contributed by atoms with E-state index in [0.29, 0.717) is 32.9 Å². The van der Waals surface area contributed by atoms with Crippen molar-refractivity contribution in [2.45, 2.75) is 93.5 Å². The molecule has 2 aromatic heterocycles. The molecule has 0 saturated heterocycles. The van der Waals surface area contributed by atoms with E-state index in [1.807, 2.05) is 0 Å². The first kappa shape index (κ1) is 54.4. The van der Waals surface area contributed by atoms with Crippen molar-refractivity contribution in [2.24, 2.45) is 15.7 Å². The molecule has 370 valence electrons. The molecule has 0 radical (unpaired) electrons. The van der Waals surface area contributed by atoms with Gasteiger partial charge in [-0.25, -0.2) is 9.97 Å². The highest BCUT2D eigenvalue weighted by Gasteiger charge is 2.61. The second-order valence-corrected chi connectivity index (χ2v) is 17.2. The van der Waals surface area contributed by atoms with Gasteiger partial charge in [0.2, 0.25) is 0 Å². The van der Waals surface area contributed by atoms with Crippen molar-refractivity contribution in [3.63, 3.8) is 0 Å². The van der Waals surface area contributed by atoms with Gasteiger partial charge in [-0.2, -0.15) is 79.0 Å². The number of rotatable bonds is 9. The summed E-state index contributed by atoms with van der Waals surface area (Å²) in [6.07, 6.45) is -32.9. The number of pyridine rings is 2. The molecule has 0 saturated carbocycles. The molecule has 2 unspecified atom stereocenters. The zero-order valence-corrected chi connectivity index (χ0v) is 37.4. The van der Waals surface area contributed by atoms with Crippen LogP contribution >= 0.6 is 31.9 Å². The average Bonchev–Trinajstić information content (AvgIpc) is 3.90. The van der Waals surface area contributed by atoms with E-state index in [4.69, 9.17) is 5.73 Å². The van der Waals surface area contributed by atoms with E-state index in [0.717, 1.165) is 0 Å². The quantitative estimate of drug-likeness (QED) is 0.169. The third kappa shape index (κ3) is 11.7. The van der Waals surface area contributed by atoms with Gasteiger partial charge in [-0.1, -0.05) is 63.0 Å². The Hall–Kier alpha value is -4.59. The maximum atomic E-state index is 14.3. The van der Waals surface area contributed by atoms with Gasteiger partial charge < -0.3 is 5.73 Å². The third-order valence-electron chi connectivity index (χ3n) is 11.1. The molecule has 2 aliphatic rings. The lowest BCUT2D eigenvalue weighted by Gasteiger charge is -2.32. The van der Waals surface area contributed by atoms with Crippen LogP contribution in [0.2, 0.25) is 0 Å². The first-order valence-corrected chi connectivity index (χ1v) is 21.0. The number of nitrogens with zero attached hydrogens (tertiary/aromatic N) is 4. The van der Waals surface area contributed by atoms with Crippen LogP contribution in [0.3, 0.4) is 0 Å². The van der Waals surface area contributed by atoms with E-state index in [9.17, 15) is 83.8 Å². The van der Waals surface area contributed by atoms with Gasteiger partial charge in [-0.05, 0) is 76.2 Å². The molecule has 2 N–H and O–H groups in total. The van der Waals surface area contributed by atoms with Gasteiger partial charge in [0.15, 0.2) is 0 Å². The lowest BCUT2D eigenvalue weighted by atomic mass is 9.76. The Bertz CT molecular complexity index is 2530. The molecule has 68 heavy (non-hydrogen) atoms. The average molecular weight is 1120 g/mol. The topological polar surface area (TPSA) is 93.6 Å². The molecule has 4 heterocycles. The summed E-state index contributed by atoms with van der Waals surface area (Å²) in [7, 11) is 0. The lowest BCUT2D eigenvalue weighted by molar-refractivity contribution is -0.185. The van der Waals surface area contributed by atoms with Crippen molar-refractivity contribution in [3.05, 3.63) is 126 Å². The summed E-state index contributed by atoms with van der Waals surface area (Å²) in [6, 6.07) is 8.94. The number of aromatic nitrogens is 2.